The van der Waals surface area contributed by atoms with Crippen molar-refractivity contribution in [3.63, 3.8) is 0 Å². The number of hydrogen-bond acceptors (Lipinski definition) is 7. The van der Waals surface area contributed by atoms with E-state index in [1.54, 1.807) is 43.6 Å². The van der Waals surface area contributed by atoms with Crippen LogP contribution in [0.3, 0.4) is 0 Å². The summed E-state index contributed by atoms with van der Waals surface area (Å²) in [6, 6.07) is 8.61. The van der Waals surface area contributed by atoms with Gasteiger partial charge in [0.15, 0.2) is 5.82 Å². The van der Waals surface area contributed by atoms with Crippen LogP contribution in [-0.2, 0) is 4.79 Å². The Labute approximate surface area is 165 Å². The van der Waals surface area contributed by atoms with Crippen molar-refractivity contribution in [2.24, 2.45) is 0 Å². The summed E-state index contributed by atoms with van der Waals surface area (Å²) in [4.78, 5) is 16.6. The molecule has 0 aliphatic heterocycles. The number of benzene rings is 1. The smallest absolute Gasteiger partial charge is 0.237 e. The lowest BCUT2D eigenvalue weighted by molar-refractivity contribution is -0.115. The number of nitrogens with one attached hydrogen (secondary N) is 1. The minimum atomic E-state index is -0.484. The van der Waals surface area contributed by atoms with Crippen LogP contribution in [0.25, 0.3) is 11.4 Å². The predicted octanol–water partition coefficient (Wildman–Crippen LogP) is 2.84. The van der Waals surface area contributed by atoms with Gasteiger partial charge in [-0.1, -0.05) is 23.4 Å². The number of methoxy groups -OCH3 is 1. The van der Waals surface area contributed by atoms with Crippen LogP contribution in [-0.4, -0.2) is 38.1 Å². The molecule has 3 aromatic rings. The number of amides is 1. The van der Waals surface area contributed by atoms with E-state index in [0.29, 0.717) is 27.4 Å². The van der Waals surface area contributed by atoms with Crippen LogP contribution in [0.2, 0.25) is 5.02 Å². The molecule has 140 valence electrons. The van der Waals surface area contributed by atoms with Gasteiger partial charge in [0.05, 0.1) is 18.0 Å². The molecule has 0 fully saturated rings. The van der Waals surface area contributed by atoms with Gasteiger partial charge in [-0.25, -0.2) is 4.68 Å². The third-order valence-corrected chi connectivity index (χ3v) is 4.95. The van der Waals surface area contributed by atoms with Gasteiger partial charge in [0, 0.05) is 23.0 Å². The first-order valence-corrected chi connectivity index (χ1v) is 9.17. The topological polar surface area (TPSA) is 108 Å². The standard InChI is InChI=1S/C17H17ClN6O2S/c1-10(16(25)21-13-8-12(18)5-6-14(13)26-2)27-17-23-22-15(24(17)19)11-4-3-7-20-9-11/h3-10H,19H2,1-2H3,(H,21,25)/t10-/m0/s1. The zero-order valence-corrected chi connectivity index (χ0v) is 16.2. The van der Waals surface area contributed by atoms with E-state index in [9.17, 15) is 4.79 Å². The number of aromatic nitrogens is 4. The van der Waals surface area contributed by atoms with Crippen molar-refractivity contribution in [1.82, 2.24) is 19.9 Å². The molecule has 0 spiro atoms. The molecule has 2 heterocycles. The first-order valence-electron chi connectivity index (χ1n) is 7.91. The summed E-state index contributed by atoms with van der Waals surface area (Å²) in [5, 5.41) is 11.4. The van der Waals surface area contributed by atoms with E-state index in [-0.39, 0.29) is 5.91 Å². The van der Waals surface area contributed by atoms with E-state index in [1.807, 2.05) is 6.07 Å². The number of nitrogen functional groups attached to an aromatic ring is 1. The molecule has 1 amide bonds. The van der Waals surface area contributed by atoms with Gasteiger partial charge >= 0.3 is 0 Å². The number of carbonyl (C=O) groups excluding carboxylic acids is 1. The van der Waals surface area contributed by atoms with Gasteiger partial charge in [0.25, 0.3) is 0 Å². The van der Waals surface area contributed by atoms with E-state index in [4.69, 9.17) is 22.2 Å². The van der Waals surface area contributed by atoms with E-state index < -0.39 is 5.25 Å². The Morgan fingerprint density at radius 3 is 2.89 bits per heavy atom. The maximum Gasteiger partial charge on any atom is 0.237 e. The molecule has 10 heteroatoms. The summed E-state index contributed by atoms with van der Waals surface area (Å²) >= 11 is 7.18. The fourth-order valence-corrected chi connectivity index (χ4v) is 3.22. The normalized spacial score (nSPS) is 11.8. The number of pyridine rings is 1. The zero-order chi connectivity index (χ0) is 19.4. The SMILES string of the molecule is COc1ccc(Cl)cc1NC(=O)[C@H](C)Sc1nnc(-c2cccnc2)n1N. The third kappa shape index (κ3) is 4.32. The van der Waals surface area contributed by atoms with Crippen LogP contribution in [0.1, 0.15) is 6.92 Å². The lowest BCUT2D eigenvalue weighted by atomic mass is 10.3. The van der Waals surface area contributed by atoms with Crippen LogP contribution >= 0.6 is 23.4 Å². The molecule has 0 radical (unpaired) electrons. The fraction of sp³-hybridized carbons (Fsp3) is 0.176. The van der Waals surface area contributed by atoms with Crippen molar-refractivity contribution in [2.45, 2.75) is 17.3 Å². The Kier molecular flexibility index (Phi) is 5.82. The van der Waals surface area contributed by atoms with Crippen LogP contribution in [0.15, 0.2) is 47.9 Å². The largest absolute Gasteiger partial charge is 0.495 e. The van der Waals surface area contributed by atoms with Crippen LogP contribution < -0.4 is 15.9 Å². The monoisotopic (exact) mass is 404 g/mol. The number of anilines is 1. The second-order valence-electron chi connectivity index (χ2n) is 5.51. The summed E-state index contributed by atoms with van der Waals surface area (Å²) in [5.41, 5.74) is 1.23. The number of nitrogens with two attached hydrogens (primary N) is 1. The van der Waals surface area contributed by atoms with E-state index in [0.717, 1.165) is 5.56 Å². The third-order valence-electron chi connectivity index (χ3n) is 3.66. The second-order valence-corrected chi connectivity index (χ2v) is 7.26. The number of rotatable bonds is 6. The number of nitrogens with zero attached hydrogens (tertiary/aromatic N) is 4. The van der Waals surface area contributed by atoms with Crippen LogP contribution in [0.4, 0.5) is 5.69 Å². The molecule has 1 aromatic carbocycles. The molecule has 2 aromatic heterocycles. The summed E-state index contributed by atoms with van der Waals surface area (Å²) in [7, 11) is 1.52. The Balaban J connectivity index is 1.72. The van der Waals surface area contributed by atoms with Crippen molar-refractivity contribution in [1.29, 1.82) is 0 Å². The quantitative estimate of drug-likeness (QED) is 0.480. The van der Waals surface area contributed by atoms with Crippen molar-refractivity contribution < 1.29 is 9.53 Å². The van der Waals surface area contributed by atoms with Gasteiger partial charge in [-0.15, -0.1) is 10.2 Å². The molecule has 0 saturated carbocycles. The maximum atomic E-state index is 12.5. The average molecular weight is 405 g/mol. The Bertz CT molecular complexity index is 950. The van der Waals surface area contributed by atoms with Crippen LogP contribution in [0, 0.1) is 0 Å². The Morgan fingerprint density at radius 2 is 2.19 bits per heavy atom. The van der Waals surface area contributed by atoms with Crippen molar-refractivity contribution in [3.8, 4) is 17.1 Å². The van der Waals surface area contributed by atoms with E-state index >= 15 is 0 Å². The Hall–Kier alpha value is -2.78. The van der Waals surface area contributed by atoms with Crippen molar-refractivity contribution in [3.05, 3.63) is 47.7 Å². The molecule has 0 bridgehead atoms. The molecule has 8 nitrogen and oxygen atoms in total. The molecular formula is C17H17ClN6O2S. The van der Waals surface area contributed by atoms with Gasteiger partial charge in [-0.05, 0) is 37.3 Å². The summed E-state index contributed by atoms with van der Waals surface area (Å²) < 4.78 is 6.58. The van der Waals surface area contributed by atoms with Gasteiger partial charge in [0.2, 0.25) is 11.1 Å². The highest BCUT2D eigenvalue weighted by molar-refractivity contribution is 8.00. The van der Waals surface area contributed by atoms with Gasteiger partial charge < -0.3 is 15.9 Å². The maximum absolute atomic E-state index is 12.5. The summed E-state index contributed by atoms with van der Waals surface area (Å²) in [6.07, 6.45) is 3.30. The highest BCUT2D eigenvalue weighted by Gasteiger charge is 2.21. The van der Waals surface area contributed by atoms with E-state index in [2.05, 4.69) is 20.5 Å². The molecule has 0 unspecified atom stereocenters. The number of ether oxygens (including phenoxy) is 1. The first kappa shape index (κ1) is 19.0. The molecular weight excluding hydrogens is 388 g/mol. The first-order chi connectivity index (χ1) is 13.0. The minimum Gasteiger partial charge on any atom is -0.495 e. The highest BCUT2D eigenvalue weighted by atomic mass is 35.5. The minimum absolute atomic E-state index is 0.244. The van der Waals surface area contributed by atoms with Gasteiger partial charge in [-0.3, -0.25) is 9.78 Å². The second kappa shape index (κ2) is 8.28. The number of halogens is 1. The van der Waals surface area contributed by atoms with E-state index in [1.165, 1.54) is 23.5 Å². The molecule has 3 rings (SSSR count). The summed E-state index contributed by atoms with van der Waals surface area (Å²) in [5.74, 6) is 6.82. The molecule has 3 N–H and O–H groups in total. The predicted molar refractivity (Wildman–Crippen MR) is 105 cm³/mol. The number of carbonyl (C=O) groups is 1. The van der Waals surface area contributed by atoms with Gasteiger partial charge in [0.1, 0.15) is 5.75 Å². The molecule has 0 aliphatic carbocycles. The molecule has 0 saturated heterocycles. The van der Waals surface area contributed by atoms with Gasteiger partial charge in [-0.2, -0.15) is 0 Å². The zero-order valence-electron chi connectivity index (χ0n) is 14.6. The molecule has 27 heavy (non-hydrogen) atoms. The average Bonchev–Trinajstić information content (AvgIpc) is 3.03. The fourth-order valence-electron chi connectivity index (χ4n) is 2.27. The highest BCUT2D eigenvalue weighted by Crippen LogP contribution is 2.29. The lowest BCUT2D eigenvalue weighted by Gasteiger charge is -2.14. The van der Waals surface area contributed by atoms with Crippen LogP contribution in [0.5, 0.6) is 5.75 Å². The number of hydrogen-bond donors (Lipinski definition) is 2. The lowest BCUT2D eigenvalue weighted by Crippen LogP contribution is -2.24. The number of thioether (sulfide) groups is 1. The van der Waals surface area contributed by atoms with Crippen molar-refractivity contribution >= 4 is 35.0 Å². The molecule has 0 aliphatic rings. The molecule has 1 atom stereocenters. The Morgan fingerprint density at radius 1 is 1.37 bits per heavy atom. The van der Waals surface area contributed by atoms with Crippen molar-refractivity contribution in [2.75, 3.05) is 18.3 Å². The summed E-state index contributed by atoms with van der Waals surface area (Å²) in [6.45, 7) is 1.75.